The molecule has 0 spiro atoms. The molecule has 2 heterocycles. The lowest BCUT2D eigenvalue weighted by Crippen LogP contribution is -2.47. The summed E-state index contributed by atoms with van der Waals surface area (Å²) >= 11 is 0. The highest BCUT2D eigenvalue weighted by molar-refractivity contribution is 7.91. The summed E-state index contributed by atoms with van der Waals surface area (Å²) in [5.41, 5.74) is 0. The topological polar surface area (TPSA) is 86.7 Å². The monoisotopic (exact) mass is 262 g/mol. The predicted octanol–water partition coefficient (Wildman–Crippen LogP) is -1.64. The molecule has 0 aromatic carbocycles. The van der Waals surface area contributed by atoms with E-state index in [0.717, 1.165) is 0 Å². The van der Waals surface area contributed by atoms with E-state index >= 15 is 0 Å². The van der Waals surface area contributed by atoms with Crippen LogP contribution >= 0.6 is 0 Å². The Kier molecular flexibility index (Phi) is 3.70. The summed E-state index contributed by atoms with van der Waals surface area (Å²) in [5.74, 6) is 0.117. The molecular weight excluding hydrogens is 244 g/mol. The molecule has 0 saturated carbocycles. The predicted molar refractivity (Wildman–Crippen MR) is 62.3 cm³/mol. The fourth-order valence-corrected chi connectivity index (χ4v) is 3.75. The maximum absolute atomic E-state index is 11.9. The standard InChI is InChI=1S/C10H18N2O4S/c13-9-1-3-12(6-9)10(14)5-8-7-17(15,16)4-2-11-8/h8-9,11,13H,1-7H2. The molecule has 0 bridgehead atoms. The van der Waals surface area contributed by atoms with E-state index in [2.05, 4.69) is 5.32 Å². The van der Waals surface area contributed by atoms with Crippen molar-refractivity contribution in [3.63, 3.8) is 0 Å². The van der Waals surface area contributed by atoms with Crippen LogP contribution in [0.25, 0.3) is 0 Å². The summed E-state index contributed by atoms with van der Waals surface area (Å²) in [4.78, 5) is 13.5. The number of hydrogen-bond donors (Lipinski definition) is 2. The summed E-state index contributed by atoms with van der Waals surface area (Å²) in [6.45, 7) is 1.36. The number of nitrogens with zero attached hydrogens (tertiary/aromatic N) is 1. The van der Waals surface area contributed by atoms with Crippen LogP contribution in [-0.2, 0) is 14.6 Å². The fraction of sp³-hybridized carbons (Fsp3) is 0.900. The van der Waals surface area contributed by atoms with Gasteiger partial charge in [0.1, 0.15) is 0 Å². The smallest absolute Gasteiger partial charge is 0.224 e. The SMILES string of the molecule is O=C(CC1CS(=O)(=O)CCN1)N1CCC(O)C1. The highest BCUT2D eigenvalue weighted by atomic mass is 32.2. The molecule has 0 aromatic heterocycles. The van der Waals surface area contributed by atoms with E-state index in [9.17, 15) is 18.3 Å². The molecule has 98 valence electrons. The number of amides is 1. The molecule has 0 aromatic rings. The van der Waals surface area contributed by atoms with Crippen molar-refractivity contribution in [3.8, 4) is 0 Å². The molecule has 0 aliphatic carbocycles. The van der Waals surface area contributed by atoms with Crippen molar-refractivity contribution < 1.29 is 18.3 Å². The number of aliphatic hydroxyl groups is 1. The van der Waals surface area contributed by atoms with E-state index in [1.54, 1.807) is 4.90 Å². The second kappa shape index (κ2) is 4.91. The second-order valence-electron chi connectivity index (χ2n) is 4.75. The maximum Gasteiger partial charge on any atom is 0.224 e. The molecule has 2 atom stereocenters. The van der Waals surface area contributed by atoms with Gasteiger partial charge in [-0.05, 0) is 6.42 Å². The van der Waals surface area contributed by atoms with Crippen molar-refractivity contribution in [2.24, 2.45) is 0 Å². The number of rotatable bonds is 2. The van der Waals surface area contributed by atoms with E-state index in [-0.39, 0.29) is 29.9 Å². The minimum Gasteiger partial charge on any atom is -0.391 e. The van der Waals surface area contributed by atoms with Crippen LogP contribution in [0.5, 0.6) is 0 Å². The van der Waals surface area contributed by atoms with Gasteiger partial charge in [0.2, 0.25) is 5.91 Å². The molecule has 2 aliphatic rings. The van der Waals surface area contributed by atoms with Crippen molar-refractivity contribution in [3.05, 3.63) is 0 Å². The van der Waals surface area contributed by atoms with Gasteiger partial charge < -0.3 is 15.3 Å². The van der Waals surface area contributed by atoms with Crippen LogP contribution in [0.1, 0.15) is 12.8 Å². The first-order valence-electron chi connectivity index (χ1n) is 5.86. The zero-order valence-electron chi connectivity index (χ0n) is 9.63. The van der Waals surface area contributed by atoms with Crippen molar-refractivity contribution in [2.75, 3.05) is 31.1 Å². The average molecular weight is 262 g/mol. The third kappa shape index (κ3) is 3.40. The maximum atomic E-state index is 11.9. The number of carbonyl (C=O) groups is 1. The first-order chi connectivity index (χ1) is 7.96. The van der Waals surface area contributed by atoms with Gasteiger partial charge in [0.25, 0.3) is 0 Å². The Morgan fingerprint density at radius 1 is 1.47 bits per heavy atom. The number of β-amino-alcohol motifs (C(OH)–C–C–N with tert-alkyl or cyclic N) is 1. The van der Waals surface area contributed by atoms with E-state index < -0.39 is 15.9 Å². The Morgan fingerprint density at radius 2 is 2.24 bits per heavy atom. The molecule has 2 saturated heterocycles. The number of sulfone groups is 1. The van der Waals surface area contributed by atoms with E-state index in [1.165, 1.54) is 0 Å². The normalized spacial score (nSPS) is 32.6. The van der Waals surface area contributed by atoms with Crippen LogP contribution in [0.15, 0.2) is 0 Å². The minimum atomic E-state index is -2.99. The summed E-state index contributed by atoms with van der Waals surface area (Å²) in [6, 6.07) is -0.279. The number of hydrogen-bond acceptors (Lipinski definition) is 5. The van der Waals surface area contributed by atoms with Crippen LogP contribution < -0.4 is 5.32 Å². The van der Waals surface area contributed by atoms with Crippen LogP contribution in [0, 0.1) is 0 Å². The van der Waals surface area contributed by atoms with E-state index in [1.807, 2.05) is 0 Å². The zero-order valence-corrected chi connectivity index (χ0v) is 10.4. The first-order valence-corrected chi connectivity index (χ1v) is 7.68. The van der Waals surface area contributed by atoms with Crippen LogP contribution in [0.4, 0.5) is 0 Å². The average Bonchev–Trinajstić information content (AvgIpc) is 2.63. The Labute approximate surface area is 101 Å². The van der Waals surface area contributed by atoms with Gasteiger partial charge in [-0.25, -0.2) is 8.42 Å². The van der Waals surface area contributed by atoms with Crippen LogP contribution in [-0.4, -0.2) is 67.6 Å². The lowest BCUT2D eigenvalue weighted by Gasteiger charge is -2.25. The minimum absolute atomic E-state index is 0.0368. The molecular formula is C10H18N2O4S. The number of aliphatic hydroxyl groups excluding tert-OH is 1. The van der Waals surface area contributed by atoms with Gasteiger partial charge in [0.05, 0.1) is 17.6 Å². The van der Waals surface area contributed by atoms with Crippen LogP contribution in [0.3, 0.4) is 0 Å². The molecule has 0 radical (unpaired) electrons. The largest absolute Gasteiger partial charge is 0.391 e. The molecule has 2 unspecified atom stereocenters. The first kappa shape index (κ1) is 12.8. The third-order valence-electron chi connectivity index (χ3n) is 3.24. The highest BCUT2D eigenvalue weighted by Crippen LogP contribution is 2.13. The summed E-state index contributed by atoms with van der Waals surface area (Å²) in [7, 11) is -2.99. The third-order valence-corrected chi connectivity index (χ3v) is 4.97. The van der Waals surface area contributed by atoms with Gasteiger partial charge in [-0.1, -0.05) is 0 Å². The molecule has 6 nitrogen and oxygen atoms in total. The van der Waals surface area contributed by atoms with Gasteiger partial charge in [-0.3, -0.25) is 4.79 Å². The zero-order chi connectivity index (χ0) is 12.5. The molecule has 2 aliphatic heterocycles. The summed E-state index contributed by atoms with van der Waals surface area (Å²) in [6.07, 6.45) is 0.385. The second-order valence-corrected chi connectivity index (χ2v) is 6.98. The Hall–Kier alpha value is -0.660. The van der Waals surface area contributed by atoms with Gasteiger partial charge in [0.15, 0.2) is 9.84 Å². The van der Waals surface area contributed by atoms with Crippen molar-refractivity contribution in [1.29, 1.82) is 0 Å². The van der Waals surface area contributed by atoms with Crippen LogP contribution in [0.2, 0.25) is 0 Å². The number of likely N-dealkylation sites (tertiary alicyclic amines) is 1. The summed E-state index contributed by atoms with van der Waals surface area (Å²) < 4.78 is 22.8. The van der Waals surface area contributed by atoms with Gasteiger partial charge >= 0.3 is 0 Å². The number of nitrogens with one attached hydrogen (secondary N) is 1. The fourth-order valence-electron chi connectivity index (χ4n) is 2.31. The molecule has 7 heteroatoms. The summed E-state index contributed by atoms with van der Waals surface area (Å²) in [5, 5.41) is 12.4. The quantitative estimate of drug-likeness (QED) is 0.623. The Morgan fingerprint density at radius 3 is 2.82 bits per heavy atom. The highest BCUT2D eigenvalue weighted by Gasteiger charge is 2.30. The van der Waals surface area contributed by atoms with Gasteiger partial charge in [-0.15, -0.1) is 0 Å². The molecule has 1 amide bonds. The van der Waals surface area contributed by atoms with Crippen molar-refractivity contribution in [1.82, 2.24) is 10.2 Å². The lowest BCUT2D eigenvalue weighted by atomic mass is 10.2. The Balaban J connectivity index is 1.86. The van der Waals surface area contributed by atoms with Gasteiger partial charge in [0, 0.05) is 32.1 Å². The van der Waals surface area contributed by atoms with Crippen molar-refractivity contribution >= 4 is 15.7 Å². The molecule has 2 fully saturated rings. The number of carbonyl (C=O) groups excluding carboxylic acids is 1. The molecule has 2 N–H and O–H groups in total. The van der Waals surface area contributed by atoms with E-state index in [0.29, 0.717) is 26.1 Å². The van der Waals surface area contributed by atoms with E-state index in [4.69, 9.17) is 0 Å². The van der Waals surface area contributed by atoms with Crippen molar-refractivity contribution in [2.45, 2.75) is 25.0 Å². The molecule has 17 heavy (non-hydrogen) atoms. The lowest BCUT2D eigenvalue weighted by molar-refractivity contribution is -0.130. The molecule has 2 rings (SSSR count). The van der Waals surface area contributed by atoms with Gasteiger partial charge in [-0.2, -0.15) is 0 Å². The Bertz CT molecular complexity index is 395.